The molecule has 146 valence electrons. The lowest BCUT2D eigenvalue weighted by atomic mass is 10.0. The van der Waals surface area contributed by atoms with Crippen LogP contribution in [0.25, 0.3) is 10.9 Å². The lowest BCUT2D eigenvalue weighted by Gasteiger charge is -2.09. The molecule has 0 aliphatic rings. The molecule has 5 heteroatoms. The van der Waals surface area contributed by atoms with Gasteiger partial charge in [-0.1, -0.05) is 36.4 Å². The van der Waals surface area contributed by atoms with Gasteiger partial charge < -0.3 is 15.4 Å². The smallest absolute Gasteiger partial charge is 0.303 e. The molecule has 3 N–H and O–H groups in total. The molecule has 0 spiro atoms. The summed E-state index contributed by atoms with van der Waals surface area (Å²) < 4.78 is 2.23. The molecule has 0 unspecified atom stereocenters. The van der Waals surface area contributed by atoms with Gasteiger partial charge in [0.1, 0.15) is 0 Å². The number of hydrogen-bond donors (Lipinski definition) is 2. The maximum absolute atomic E-state index is 11.6. The predicted octanol–water partition coefficient (Wildman–Crippen LogP) is 3.82. The number of unbranched alkanes of at least 4 members (excludes halogenated alkanes) is 1. The minimum Gasteiger partial charge on any atom is -0.481 e. The van der Waals surface area contributed by atoms with E-state index >= 15 is 0 Å². The molecule has 0 fully saturated rings. The van der Waals surface area contributed by atoms with Crippen LogP contribution in [0.15, 0.2) is 48.5 Å². The van der Waals surface area contributed by atoms with E-state index in [0.717, 1.165) is 47.1 Å². The first-order valence-corrected chi connectivity index (χ1v) is 9.60. The van der Waals surface area contributed by atoms with Gasteiger partial charge in [-0.05, 0) is 55.0 Å². The Labute approximate surface area is 164 Å². The summed E-state index contributed by atoms with van der Waals surface area (Å²) in [6.45, 7) is 2.77. The summed E-state index contributed by atoms with van der Waals surface area (Å²) in [5, 5.41) is 9.84. The van der Waals surface area contributed by atoms with Gasteiger partial charge in [-0.15, -0.1) is 0 Å². The van der Waals surface area contributed by atoms with E-state index in [1.807, 2.05) is 25.1 Å². The Bertz CT molecular complexity index is 990. The van der Waals surface area contributed by atoms with E-state index in [1.165, 1.54) is 5.56 Å². The number of nitrogens with zero attached hydrogens (tertiary/aromatic N) is 1. The van der Waals surface area contributed by atoms with Crippen molar-refractivity contribution in [2.45, 2.75) is 45.6 Å². The van der Waals surface area contributed by atoms with Gasteiger partial charge in [-0.25, -0.2) is 0 Å². The van der Waals surface area contributed by atoms with Crippen LogP contribution in [0.3, 0.4) is 0 Å². The maximum Gasteiger partial charge on any atom is 0.303 e. The Kier molecular flexibility index (Phi) is 6.14. The molecule has 28 heavy (non-hydrogen) atoms. The Morgan fingerprint density at radius 3 is 2.46 bits per heavy atom. The zero-order valence-electron chi connectivity index (χ0n) is 16.1. The molecule has 0 aliphatic carbocycles. The van der Waals surface area contributed by atoms with Crippen LogP contribution in [-0.4, -0.2) is 21.6 Å². The second-order valence-electron chi connectivity index (χ2n) is 7.23. The summed E-state index contributed by atoms with van der Waals surface area (Å²) in [6.07, 6.45) is 2.72. The first-order chi connectivity index (χ1) is 13.5. The highest BCUT2D eigenvalue weighted by Crippen LogP contribution is 2.29. The van der Waals surface area contributed by atoms with Crippen LogP contribution in [0, 0.1) is 6.92 Å². The van der Waals surface area contributed by atoms with Gasteiger partial charge in [0.05, 0.1) is 6.42 Å². The highest BCUT2D eigenvalue weighted by atomic mass is 16.4. The van der Waals surface area contributed by atoms with Gasteiger partial charge in [0.25, 0.3) is 0 Å². The molecule has 0 bridgehead atoms. The number of benzene rings is 2. The van der Waals surface area contributed by atoms with Crippen LogP contribution in [0.1, 0.15) is 41.6 Å². The second kappa shape index (κ2) is 8.74. The third-order valence-electron chi connectivity index (χ3n) is 5.16. The monoisotopic (exact) mass is 378 g/mol. The summed E-state index contributed by atoms with van der Waals surface area (Å²) in [5.74, 6) is -1.10. The summed E-state index contributed by atoms with van der Waals surface area (Å²) in [6, 6.07) is 16.6. The lowest BCUT2D eigenvalue weighted by molar-refractivity contribution is -0.137. The number of carboxylic acid groups (broad SMARTS) is 1. The van der Waals surface area contributed by atoms with Gasteiger partial charge in [0.15, 0.2) is 0 Å². The molecule has 0 atom stereocenters. The van der Waals surface area contributed by atoms with E-state index in [4.69, 9.17) is 10.8 Å². The molecular formula is C23H26N2O3. The molecular weight excluding hydrogens is 352 g/mol. The molecule has 3 aromatic rings. The van der Waals surface area contributed by atoms with Gasteiger partial charge in [0, 0.05) is 29.6 Å². The lowest BCUT2D eigenvalue weighted by Crippen LogP contribution is -2.14. The predicted molar refractivity (Wildman–Crippen MR) is 110 cm³/mol. The van der Waals surface area contributed by atoms with Crippen molar-refractivity contribution in [2.24, 2.45) is 5.73 Å². The number of nitrogens with two attached hydrogens (primary N) is 1. The SMILES string of the molecule is Cc1c(CC(N)=O)c2cc(CCCCC(=O)O)ccc2n1Cc1ccccc1. The molecule has 0 saturated heterocycles. The average molecular weight is 378 g/mol. The number of carboxylic acids is 1. The first-order valence-electron chi connectivity index (χ1n) is 9.60. The van der Waals surface area contributed by atoms with Crippen molar-refractivity contribution in [1.29, 1.82) is 0 Å². The molecule has 3 rings (SSSR count). The van der Waals surface area contributed by atoms with Crippen LogP contribution in [-0.2, 0) is 29.0 Å². The minimum atomic E-state index is -0.757. The third kappa shape index (κ3) is 4.60. The fraction of sp³-hybridized carbons (Fsp3) is 0.304. The van der Waals surface area contributed by atoms with E-state index in [9.17, 15) is 9.59 Å². The number of fused-ring (bicyclic) bond motifs is 1. The van der Waals surface area contributed by atoms with Crippen molar-refractivity contribution in [3.8, 4) is 0 Å². The molecule has 5 nitrogen and oxygen atoms in total. The highest BCUT2D eigenvalue weighted by molar-refractivity contribution is 5.90. The fourth-order valence-electron chi connectivity index (χ4n) is 3.73. The van der Waals surface area contributed by atoms with Crippen molar-refractivity contribution in [2.75, 3.05) is 0 Å². The number of primary amides is 1. The number of amides is 1. The number of rotatable bonds is 9. The summed E-state index contributed by atoms with van der Waals surface area (Å²) in [5.41, 5.74) is 11.0. The topological polar surface area (TPSA) is 85.3 Å². The standard InChI is InChI=1S/C23H26N2O3/c1-16-19(14-22(24)26)20-13-17(7-5-6-10-23(27)28)11-12-21(20)25(16)15-18-8-3-2-4-9-18/h2-4,8-9,11-13H,5-7,10,14-15H2,1H3,(H2,24,26)(H,27,28). The van der Waals surface area contributed by atoms with E-state index in [2.05, 4.69) is 34.9 Å². The van der Waals surface area contributed by atoms with E-state index < -0.39 is 5.97 Å². The molecule has 2 aromatic carbocycles. The Morgan fingerprint density at radius 2 is 1.79 bits per heavy atom. The van der Waals surface area contributed by atoms with Crippen LogP contribution >= 0.6 is 0 Å². The zero-order chi connectivity index (χ0) is 20.1. The van der Waals surface area contributed by atoms with Crippen molar-refractivity contribution >= 4 is 22.8 Å². The van der Waals surface area contributed by atoms with Crippen molar-refractivity contribution < 1.29 is 14.7 Å². The molecule has 0 radical (unpaired) electrons. The average Bonchev–Trinajstić information content (AvgIpc) is 2.91. The van der Waals surface area contributed by atoms with Gasteiger partial charge >= 0.3 is 5.97 Å². The fourth-order valence-corrected chi connectivity index (χ4v) is 3.73. The maximum atomic E-state index is 11.6. The second-order valence-corrected chi connectivity index (χ2v) is 7.23. The summed E-state index contributed by atoms with van der Waals surface area (Å²) in [7, 11) is 0. The number of carbonyl (C=O) groups excluding carboxylic acids is 1. The summed E-state index contributed by atoms with van der Waals surface area (Å²) in [4.78, 5) is 22.3. The van der Waals surface area contributed by atoms with Crippen LogP contribution < -0.4 is 5.73 Å². The molecule has 0 saturated carbocycles. The van der Waals surface area contributed by atoms with E-state index in [-0.39, 0.29) is 18.7 Å². The molecule has 1 heterocycles. The largest absolute Gasteiger partial charge is 0.481 e. The quantitative estimate of drug-likeness (QED) is 0.555. The number of hydrogen-bond acceptors (Lipinski definition) is 2. The Balaban J connectivity index is 1.94. The van der Waals surface area contributed by atoms with Crippen molar-refractivity contribution in [3.63, 3.8) is 0 Å². The molecule has 1 aromatic heterocycles. The highest BCUT2D eigenvalue weighted by Gasteiger charge is 2.16. The van der Waals surface area contributed by atoms with Crippen LogP contribution in [0.5, 0.6) is 0 Å². The Morgan fingerprint density at radius 1 is 1.04 bits per heavy atom. The van der Waals surface area contributed by atoms with E-state index in [0.29, 0.717) is 6.42 Å². The molecule has 1 amide bonds. The van der Waals surface area contributed by atoms with Gasteiger partial charge in [0.2, 0.25) is 5.91 Å². The number of carbonyl (C=O) groups is 2. The normalized spacial score (nSPS) is 11.0. The minimum absolute atomic E-state index is 0.196. The number of aryl methyl sites for hydroxylation is 1. The van der Waals surface area contributed by atoms with Crippen molar-refractivity contribution in [1.82, 2.24) is 4.57 Å². The van der Waals surface area contributed by atoms with Gasteiger partial charge in [-0.2, -0.15) is 0 Å². The molecule has 0 aliphatic heterocycles. The van der Waals surface area contributed by atoms with Gasteiger partial charge in [-0.3, -0.25) is 9.59 Å². The third-order valence-corrected chi connectivity index (χ3v) is 5.16. The Hall–Kier alpha value is -3.08. The zero-order valence-corrected chi connectivity index (χ0v) is 16.1. The van der Waals surface area contributed by atoms with E-state index in [1.54, 1.807) is 0 Å². The van der Waals surface area contributed by atoms with Crippen LogP contribution in [0.2, 0.25) is 0 Å². The number of aliphatic carboxylic acids is 1. The first kappa shape index (κ1) is 19.7. The number of aromatic nitrogens is 1. The van der Waals surface area contributed by atoms with Crippen molar-refractivity contribution in [3.05, 3.63) is 70.9 Å². The van der Waals surface area contributed by atoms with Crippen LogP contribution in [0.4, 0.5) is 0 Å². The summed E-state index contributed by atoms with van der Waals surface area (Å²) >= 11 is 0.